The minimum Gasteiger partial charge on any atom is -0.377 e. The number of benzene rings is 1. The van der Waals surface area contributed by atoms with Crippen molar-refractivity contribution in [3.63, 3.8) is 0 Å². The molecular formula is C15H21ClO. The molecule has 0 saturated heterocycles. The van der Waals surface area contributed by atoms with E-state index in [-0.39, 0.29) is 0 Å². The Morgan fingerprint density at radius 2 is 2.18 bits per heavy atom. The number of ether oxygens (including phenoxy) is 1. The summed E-state index contributed by atoms with van der Waals surface area (Å²) in [7, 11) is 0. The maximum Gasteiger partial charge on any atom is 0.0644 e. The van der Waals surface area contributed by atoms with E-state index in [2.05, 4.69) is 32.9 Å². The van der Waals surface area contributed by atoms with Crippen molar-refractivity contribution < 1.29 is 4.74 Å². The normalized spacial score (nSPS) is 23.8. The second-order valence-corrected chi connectivity index (χ2v) is 5.87. The van der Waals surface area contributed by atoms with E-state index < -0.39 is 0 Å². The summed E-state index contributed by atoms with van der Waals surface area (Å²) in [5.41, 5.74) is 2.81. The predicted molar refractivity (Wildman–Crippen MR) is 72.8 cm³/mol. The predicted octanol–water partition coefficient (Wildman–Crippen LogP) is 4.43. The van der Waals surface area contributed by atoms with Gasteiger partial charge in [0.2, 0.25) is 0 Å². The summed E-state index contributed by atoms with van der Waals surface area (Å²) >= 11 is 6.03. The molecule has 1 aromatic rings. The first-order valence-electron chi connectivity index (χ1n) is 6.48. The summed E-state index contributed by atoms with van der Waals surface area (Å²) in [5, 5.41) is 0.845. The van der Waals surface area contributed by atoms with Crippen LogP contribution in [0.2, 0.25) is 5.02 Å². The van der Waals surface area contributed by atoms with E-state index in [1.165, 1.54) is 11.1 Å². The van der Waals surface area contributed by atoms with Crippen LogP contribution in [0.15, 0.2) is 18.2 Å². The van der Waals surface area contributed by atoms with E-state index >= 15 is 0 Å². The molecule has 17 heavy (non-hydrogen) atoms. The molecule has 0 amide bonds. The molecule has 0 aromatic heterocycles. The van der Waals surface area contributed by atoms with Gasteiger partial charge in [-0.25, -0.2) is 0 Å². The minimum absolute atomic E-state index is 0.367. The lowest BCUT2D eigenvalue weighted by molar-refractivity contribution is 0.0130. The summed E-state index contributed by atoms with van der Waals surface area (Å²) in [6.07, 6.45) is 2.57. The molecule has 0 unspecified atom stereocenters. The van der Waals surface area contributed by atoms with E-state index in [0.29, 0.717) is 17.9 Å². The molecule has 0 spiro atoms. The molecule has 1 aliphatic carbocycles. The molecule has 0 bridgehead atoms. The fourth-order valence-electron chi connectivity index (χ4n) is 2.53. The maximum absolute atomic E-state index is 6.03. The Hall–Kier alpha value is -0.530. The molecule has 2 atom stereocenters. The van der Waals surface area contributed by atoms with Gasteiger partial charge in [0.15, 0.2) is 0 Å². The smallest absolute Gasteiger partial charge is 0.0644 e. The Kier molecular flexibility index (Phi) is 4.11. The molecule has 2 heteroatoms. The lowest BCUT2D eigenvalue weighted by Crippen LogP contribution is -2.27. The molecule has 0 aliphatic heterocycles. The Morgan fingerprint density at radius 3 is 2.88 bits per heavy atom. The van der Waals surface area contributed by atoms with Crippen LogP contribution < -0.4 is 0 Å². The van der Waals surface area contributed by atoms with Gasteiger partial charge >= 0.3 is 0 Å². The van der Waals surface area contributed by atoms with Gasteiger partial charge in [0.25, 0.3) is 0 Å². The summed E-state index contributed by atoms with van der Waals surface area (Å²) < 4.78 is 6.01. The number of rotatable bonds is 3. The Morgan fingerprint density at radius 1 is 1.41 bits per heavy atom. The third-order valence-corrected chi connectivity index (χ3v) is 3.73. The number of hydrogen-bond acceptors (Lipinski definition) is 1. The molecule has 0 saturated carbocycles. The second-order valence-electron chi connectivity index (χ2n) is 5.44. The van der Waals surface area contributed by atoms with Crippen LogP contribution in [0.25, 0.3) is 0 Å². The number of aryl methyl sites for hydroxylation is 1. The average Bonchev–Trinajstić information content (AvgIpc) is 2.27. The van der Waals surface area contributed by atoms with Crippen LogP contribution in [-0.4, -0.2) is 12.7 Å². The van der Waals surface area contributed by atoms with E-state index in [9.17, 15) is 0 Å². The molecule has 1 nitrogen and oxygen atoms in total. The minimum atomic E-state index is 0.367. The van der Waals surface area contributed by atoms with E-state index in [4.69, 9.17) is 16.3 Å². The molecule has 0 fully saturated rings. The molecule has 0 radical (unpaired) electrons. The van der Waals surface area contributed by atoms with Crippen LogP contribution in [-0.2, 0) is 11.2 Å². The van der Waals surface area contributed by atoms with Gasteiger partial charge in [-0.1, -0.05) is 38.4 Å². The summed E-state index contributed by atoms with van der Waals surface area (Å²) in [4.78, 5) is 0. The SMILES string of the molecule is CC(C)CO[C@@H]1CCc2cc(Cl)ccc2[C@@H]1C. The van der Waals surface area contributed by atoms with Gasteiger partial charge < -0.3 is 4.74 Å². The van der Waals surface area contributed by atoms with Crippen molar-refractivity contribution in [3.05, 3.63) is 34.3 Å². The topological polar surface area (TPSA) is 9.23 Å². The number of fused-ring (bicyclic) bond motifs is 1. The molecule has 2 rings (SSSR count). The fourth-order valence-corrected chi connectivity index (χ4v) is 2.72. The molecule has 94 valence electrons. The molecule has 1 aliphatic rings. The Bertz CT molecular complexity index is 387. The molecule has 0 heterocycles. The Labute approximate surface area is 109 Å². The van der Waals surface area contributed by atoms with Crippen molar-refractivity contribution in [1.82, 2.24) is 0 Å². The summed E-state index contributed by atoms with van der Waals surface area (Å²) in [6, 6.07) is 6.25. The van der Waals surface area contributed by atoms with Crippen LogP contribution in [0.4, 0.5) is 0 Å². The van der Waals surface area contributed by atoms with Crippen molar-refractivity contribution in [2.75, 3.05) is 6.61 Å². The first-order valence-corrected chi connectivity index (χ1v) is 6.85. The lowest BCUT2D eigenvalue weighted by Gasteiger charge is -2.31. The average molecular weight is 253 g/mol. The highest BCUT2D eigenvalue weighted by atomic mass is 35.5. The monoisotopic (exact) mass is 252 g/mol. The van der Waals surface area contributed by atoms with Crippen molar-refractivity contribution in [2.24, 2.45) is 5.92 Å². The van der Waals surface area contributed by atoms with E-state index in [1.54, 1.807) is 0 Å². The van der Waals surface area contributed by atoms with Crippen LogP contribution in [0.3, 0.4) is 0 Å². The maximum atomic E-state index is 6.03. The van der Waals surface area contributed by atoms with Crippen molar-refractivity contribution in [3.8, 4) is 0 Å². The van der Waals surface area contributed by atoms with Crippen LogP contribution in [0.5, 0.6) is 0 Å². The van der Waals surface area contributed by atoms with Gasteiger partial charge in [-0.3, -0.25) is 0 Å². The third kappa shape index (κ3) is 3.02. The molecular weight excluding hydrogens is 232 g/mol. The quantitative estimate of drug-likeness (QED) is 0.773. The van der Waals surface area contributed by atoms with Gasteiger partial charge in [0.1, 0.15) is 0 Å². The zero-order valence-corrected chi connectivity index (χ0v) is 11.6. The Balaban J connectivity index is 2.10. The highest BCUT2D eigenvalue weighted by molar-refractivity contribution is 6.30. The van der Waals surface area contributed by atoms with Gasteiger partial charge in [0, 0.05) is 17.5 Å². The largest absolute Gasteiger partial charge is 0.377 e. The van der Waals surface area contributed by atoms with Crippen LogP contribution in [0, 0.1) is 5.92 Å². The van der Waals surface area contributed by atoms with Gasteiger partial charge in [-0.15, -0.1) is 0 Å². The van der Waals surface area contributed by atoms with Crippen molar-refractivity contribution in [1.29, 1.82) is 0 Å². The van der Waals surface area contributed by atoms with Crippen LogP contribution in [0.1, 0.15) is 44.2 Å². The first kappa shape index (κ1) is 12.9. The number of halogens is 1. The summed E-state index contributed by atoms with van der Waals surface area (Å²) in [6.45, 7) is 7.51. The highest BCUT2D eigenvalue weighted by Crippen LogP contribution is 2.34. The molecule has 1 aromatic carbocycles. The van der Waals surface area contributed by atoms with E-state index in [1.807, 2.05) is 6.07 Å². The van der Waals surface area contributed by atoms with Crippen molar-refractivity contribution in [2.45, 2.75) is 45.6 Å². The van der Waals surface area contributed by atoms with Crippen LogP contribution >= 0.6 is 11.6 Å². The zero-order chi connectivity index (χ0) is 12.4. The van der Waals surface area contributed by atoms with Gasteiger partial charge in [0.05, 0.1) is 6.10 Å². The standard InChI is InChI=1S/C15H21ClO/c1-10(2)9-17-15-7-4-12-8-13(16)5-6-14(12)11(15)3/h5-6,8,10-11,15H,4,7,9H2,1-3H3/t11-,15+/m0/s1. The summed E-state index contributed by atoms with van der Waals surface area (Å²) in [5.74, 6) is 1.09. The third-order valence-electron chi connectivity index (χ3n) is 3.50. The first-order chi connectivity index (χ1) is 8.08. The van der Waals surface area contributed by atoms with Crippen molar-refractivity contribution >= 4 is 11.6 Å². The van der Waals surface area contributed by atoms with Gasteiger partial charge in [-0.05, 0) is 42.0 Å². The highest BCUT2D eigenvalue weighted by Gasteiger charge is 2.26. The van der Waals surface area contributed by atoms with E-state index in [0.717, 1.165) is 24.5 Å². The fraction of sp³-hybridized carbons (Fsp3) is 0.600. The zero-order valence-electron chi connectivity index (χ0n) is 10.9. The lowest BCUT2D eigenvalue weighted by atomic mass is 9.82. The number of hydrogen-bond donors (Lipinski definition) is 0. The molecule has 0 N–H and O–H groups in total. The van der Waals surface area contributed by atoms with Gasteiger partial charge in [-0.2, -0.15) is 0 Å². The second kappa shape index (κ2) is 5.41.